The van der Waals surface area contributed by atoms with Crippen LogP contribution in [0.15, 0.2) is 60.7 Å². The lowest BCUT2D eigenvalue weighted by atomic mass is 9.87. The van der Waals surface area contributed by atoms with Gasteiger partial charge in [0, 0.05) is 16.1 Å². The van der Waals surface area contributed by atoms with Crippen LogP contribution in [0, 0.1) is 16.0 Å². The van der Waals surface area contributed by atoms with Crippen molar-refractivity contribution in [3.05, 3.63) is 81.9 Å². The van der Waals surface area contributed by atoms with E-state index in [1.54, 1.807) is 60.7 Å². The fraction of sp³-hybridized carbons (Fsp3) is 0.222. The summed E-state index contributed by atoms with van der Waals surface area (Å²) in [7, 11) is 1.14. The Morgan fingerprint density at radius 1 is 1.04 bits per heavy atom. The van der Waals surface area contributed by atoms with Gasteiger partial charge in [0.05, 0.1) is 11.9 Å². The Labute approximate surface area is 153 Å². The number of ether oxygens (including phenoxy) is 1. The Bertz CT molecular complexity index is 751. The normalized spacial score (nSPS) is 14.2. The van der Waals surface area contributed by atoms with Gasteiger partial charge in [0.2, 0.25) is 0 Å². The molecule has 130 valence electrons. The average molecular weight is 406 g/mol. The van der Waals surface area contributed by atoms with Crippen molar-refractivity contribution in [2.75, 3.05) is 7.11 Å². The van der Waals surface area contributed by atoms with E-state index in [9.17, 15) is 19.7 Å². The van der Waals surface area contributed by atoms with Gasteiger partial charge in [0.15, 0.2) is 5.78 Å². The first-order valence-corrected chi connectivity index (χ1v) is 8.38. The first-order valence-electron chi connectivity index (χ1n) is 7.47. The maximum atomic E-state index is 12.7. The summed E-state index contributed by atoms with van der Waals surface area (Å²) in [5.41, 5.74) is 0.682. The molecule has 0 aliphatic heterocycles. The molecule has 0 saturated heterocycles. The number of carbonyl (C=O) groups excluding carboxylic acids is 2. The van der Waals surface area contributed by atoms with Crippen LogP contribution in [0.4, 0.5) is 0 Å². The topological polar surface area (TPSA) is 86.5 Å². The number of nitrogens with zero attached hydrogens (tertiary/aromatic N) is 1. The number of alkyl halides is 1. The van der Waals surface area contributed by atoms with Crippen LogP contribution in [0.5, 0.6) is 0 Å². The lowest BCUT2D eigenvalue weighted by molar-refractivity contribution is -0.536. The summed E-state index contributed by atoms with van der Waals surface area (Å²) in [4.78, 5) is 35.0. The zero-order valence-electron chi connectivity index (χ0n) is 13.4. The van der Waals surface area contributed by atoms with Crippen LogP contribution in [0.2, 0.25) is 0 Å². The van der Waals surface area contributed by atoms with Crippen LogP contribution in [0.1, 0.15) is 22.0 Å². The summed E-state index contributed by atoms with van der Waals surface area (Å²) in [6, 6.07) is 15.0. The molecule has 2 aromatic carbocycles. The molecule has 0 fully saturated rings. The number of carbonyl (C=O) groups is 2. The monoisotopic (exact) mass is 405 g/mol. The third-order valence-corrected chi connectivity index (χ3v) is 4.79. The van der Waals surface area contributed by atoms with E-state index in [-0.39, 0.29) is 0 Å². The average Bonchev–Trinajstić information content (AvgIpc) is 2.65. The number of hydrogen-bond acceptors (Lipinski definition) is 5. The second-order valence-corrected chi connectivity index (χ2v) is 6.31. The lowest BCUT2D eigenvalue weighted by Gasteiger charge is -2.23. The van der Waals surface area contributed by atoms with Crippen LogP contribution in [0.3, 0.4) is 0 Å². The quantitative estimate of drug-likeness (QED) is 0.231. The maximum Gasteiger partial charge on any atom is 0.317 e. The minimum atomic E-state index is -1.41. The van der Waals surface area contributed by atoms with Crippen molar-refractivity contribution in [1.82, 2.24) is 0 Å². The van der Waals surface area contributed by atoms with Crippen molar-refractivity contribution in [3.8, 4) is 0 Å². The zero-order valence-corrected chi connectivity index (χ0v) is 15.0. The first kappa shape index (κ1) is 18.8. The molecule has 0 saturated carbocycles. The third-order valence-electron chi connectivity index (χ3n) is 3.81. The van der Waals surface area contributed by atoms with E-state index >= 15 is 0 Å². The molecule has 2 rings (SSSR count). The van der Waals surface area contributed by atoms with Crippen LogP contribution in [0.25, 0.3) is 0 Å². The van der Waals surface area contributed by atoms with Crippen molar-refractivity contribution < 1.29 is 19.2 Å². The van der Waals surface area contributed by atoms with Crippen LogP contribution in [-0.4, -0.2) is 28.6 Å². The van der Waals surface area contributed by atoms with Gasteiger partial charge in [0.1, 0.15) is 5.92 Å². The Hall–Kier alpha value is -2.54. The fourth-order valence-corrected chi connectivity index (χ4v) is 3.35. The minimum absolute atomic E-state index is 0.327. The zero-order chi connectivity index (χ0) is 18.4. The molecular formula is C18H16BrNO5. The van der Waals surface area contributed by atoms with E-state index in [0.29, 0.717) is 11.1 Å². The largest absolute Gasteiger partial charge is 0.469 e. The first-order chi connectivity index (χ1) is 12.0. The Kier molecular flexibility index (Phi) is 6.41. The second-order valence-electron chi connectivity index (χ2n) is 5.32. The highest BCUT2D eigenvalue weighted by Gasteiger charge is 2.46. The Balaban J connectivity index is 2.45. The van der Waals surface area contributed by atoms with Gasteiger partial charge in [-0.05, 0) is 0 Å². The number of Topliss-reactive ketones (excluding diaryl/α,β-unsaturated/α-hetero) is 1. The lowest BCUT2D eigenvalue weighted by Crippen LogP contribution is -2.39. The number of benzene rings is 2. The molecule has 0 spiro atoms. The van der Waals surface area contributed by atoms with Gasteiger partial charge in [-0.25, -0.2) is 0 Å². The fourth-order valence-electron chi connectivity index (χ4n) is 2.58. The predicted molar refractivity (Wildman–Crippen MR) is 95.2 cm³/mol. The second kappa shape index (κ2) is 8.53. The summed E-state index contributed by atoms with van der Waals surface area (Å²) in [6.07, 6.45) is 0. The van der Waals surface area contributed by atoms with E-state index in [1.807, 2.05) is 0 Å². The molecule has 0 amide bonds. The smallest absolute Gasteiger partial charge is 0.317 e. The summed E-state index contributed by atoms with van der Waals surface area (Å²) in [5.74, 6) is -2.55. The van der Waals surface area contributed by atoms with Gasteiger partial charge in [-0.1, -0.05) is 76.6 Å². The molecule has 2 aromatic rings. The van der Waals surface area contributed by atoms with Crippen LogP contribution < -0.4 is 0 Å². The van der Waals surface area contributed by atoms with E-state index in [1.165, 1.54) is 0 Å². The maximum absolute atomic E-state index is 12.7. The number of hydrogen-bond donors (Lipinski definition) is 0. The molecule has 7 heteroatoms. The van der Waals surface area contributed by atoms with Gasteiger partial charge >= 0.3 is 5.97 Å². The van der Waals surface area contributed by atoms with Gasteiger partial charge in [-0.3, -0.25) is 19.7 Å². The van der Waals surface area contributed by atoms with Crippen LogP contribution >= 0.6 is 15.9 Å². The summed E-state index contributed by atoms with van der Waals surface area (Å²) >= 11 is 3.20. The third kappa shape index (κ3) is 4.30. The molecule has 0 N–H and O–H groups in total. The molecule has 0 aliphatic carbocycles. The van der Waals surface area contributed by atoms with E-state index in [0.717, 1.165) is 7.11 Å². The molecule has 0 heterocycles. The van der Waals surface area contributed by atoms with Gasteiger partial charge in [-0.15, -0.1) is 0 Å². The number of methoxy groups -OCH3 is 1. The number of nitro groups is 1. The van der Waals surface area contributed by atoms with E-state index < -0.39 is 33.5 Å². The SMILES string of the molecule is COC(=O)[C@@H]([C@H](Br)C(=O)c1ccccc1)[C@H](c1ccccc1)[N+](=O)[O-]. The number of halogens is 1. The Morgan fingerprint density at radius 2 is 1.56 bits per heavy atom. The van der Waals surface area contributed by atoms with Crippen molar-refractivity contribution in [2.24, 2.45) is 5.92 Å². The van der Waals surface area contributed by atoms with Crippen LogP contribution in [-0.2, 0) is 9.53 Å². The number of esters is 1. The highest BCUT2D eigenvalue weighted by Crippen LogP contribution is 2.34. The molecule has 0 aliphatic rings. The summed E-state index contributed by atoms with van der Waals surface area (Å²) < 4.78 is 4.75. The number of rotatable bonds is 7. The summed E-state index contributed by atoms with van der Waals surface area (Å²) in [6.45, 7) is 0. The number of ketones is 1. The molecule has 0 aromatic heterocycles. The highest BCUT2D eigenvalue weighted by atomic mass is 79.9. The molecule has 0 unspecified atom stereocenters. The van der Waals surface area contributed by atoms with Crippen molar-refractivity contribution in [2.45, 2.75) is 10.9 Å². The van der Waals surface area contributed by atoms with Crippen molar-refractivity contribution >= 4 is 27.7 Å². The molecule has 25 heavy (non-hydrogen) atoms. The Morgan fingerprint density at radius 3 is 2.04 bits per heavy atom. The van der Waals surface area contributed by atoms with Gasteiger partial charge in [0.25, 0.3) is 6.04 Å². The molecule has 0 radical (unpaired) electrons. The standard InChI is InChI=1S/C18H16BrNO5/c1-25-18(22)14(15(19)17(21)13-10-6-3-7-11-13)16(20(23)24)12-8-4-2-5-9-12/h2-11,14-16H,1H3/t14-,15-,16-/m0/s1. The molecular weight excluding hydrogens is 390 g/mol. The van der Waals surface area contributed by atoms with E-state index in [2.05, 4.69) is 15.9 Å². The van der Waals surface area contributed by atoms with Crippen molar-refractivity contribution in [3.63, 3.8) is 0 Å². The summed E-state index contributed by atoms with van der Waals surface area (Å²) in [5, 5.41) is 11.7. The minimum Gasteiger partial charge on any atom is -0.469 e. The van der Waals surface area contributed by atoms with Crippen molar-refractivity contribution in [1.29, 1.82) is 0 Å². The molecule has 6 nitrogen and oxygen atoms in total. The highest BCUT2D eigenvalue weighted by molar-refractivity contribution is 9.10. The van der Waals surface area contributed by atoms with Gasteiger partial charge < -0.3 is 4.74 Å². The molecule has 3 atom stereocenters. The van der Waals surface area contributed by atoms with Gasteiger partial charge in [-0.2, -0.15) is 0 Å². The predicted octanol–water partition coefficient (Wildman–Crippen LogP) is 3.44. The molecule has 0 bridgehead atoms. The van der Waals surface area contributed by atoms with E-state index in [4.69, 9.17) is 4.74 Å².